The number of carbonyl (C=O) groups excluding carboxylic acids is 2. The molecule has 0 bridgehead atoms. The summed E-state index contributed by atoms with van der Waals surface area (Å²) in [5, 5.41) is 12.7. The molecule has 1 aliphatic carbocycles. The minimum atomic E-state index is -0.656. The van der Waals surface area contributed by atoms with Gasteiger partial charge in [0.1, 0.15) is 6.04 Å². The zero-order chi connectivity index (χ0) is 19.2. The fourth-order valence-electron chi connectivity index (χ4n) is 3.60. The molecule has 3 rings (SSSR count). The number of aryl methyl sites for hydroxylation is 1. The first kappa shape index (κ1) is 19.1. The van der Waals surface area contributed by atoms with Gasteiger partial charge in [0.25, 0.3) is 5.91 Å². The Morgan fingerprint density at radius 3 is 2.74 bits per heavy atom. The number of H-pyrrole nitrogens is 1. The van der Waals surface area contributed by atoms with E-state index in [4.69, 9.17) is 0 Å². The lowest BCUT2D eigenvalue weighted by molar-refractivity contribution is -0.117. The molecular formula is C21H28N4O2. The lowest BCUT2D eigenvalue weighted by atomic mass is 9.86. The standard InChI is InChI=1S/C21H28N4O2/c1-14-7-6-10-17(11-14)21(27)22-15(2)20(26)23-19-13-18(24-25-19)12-16-8-4-3-5-9-16/h6-7,10-11,13,15-16H,3-5,8-9,12H2,1-2H3,(H,22,27)(H2,23,24,25,26). The minimum Gasteiger partial charge on any atom is -0.341 e. The molecule has 2 aromatic rings. The molecule has 0 aliphatic heterocycles. The first-order valence-corrected chi connectivity index (χ1v) is 9.74. The third-order valence-corrected chi connectivity index (χ3v) is 5.14. The number of hydrogen-bond acceptors (Lipinski definition) is 3. The van der Waals surface area contributed by atoms with E-state index >= 15 is 0 Å². The molecule has 0 radical (unpaired) electrons. The average Bonchev–Trinajstić information content (AvgIpc) is 3.09. The van der Waals surface area contributed by atoms with Crippen LogP contribution >= 0.6 is 0 Å². The van der Waals surface area contributed by atoms with Crippen LogP contribution in [-0.2, 0) is 11.2 Å². The van der Waals surface area contributed by atoms with Crippen LogP contribution in [0.15, 0.2) is 30.3 Å². The Morgan fingerprint density at radius 2 is 2.00 bits per heavy atom. The lowest BCUT2D eigenvalue weighted by Gasteiger charge is -2.20. The van der Waals surface area contributed by atoms with Crippen molar-refractivity contribution in [1.82, 2.24) is 15.5 Å². The van der Waals surface area contributed by atoms with Crippen molar-refractivity contribution in [3.63, 3.8) is 0 Å². The normalized spacial score (nSPS) is 15.9. The maximum absolute atomic E-state index is 12.4. The molecule has 1 aliphatic rings. The molecule has 3 N–H and O–H groups in total. The molecule has 1 atom stereocenters. The first-order chi connectivity index (χ1) is 13.0. The third kappa shape index (κ3) is 5.42. The molecule has 0 saturated heterocycles. The molecule has 1 aromatic carbocycles. The van der Waals surface area contributed by atoms with Gasteiger partial charge in [-0.25, -0.2) is 0 Å². The summed E-state index contributed by atoms with van der Waals surface area (Å²) in [6, 6.07) is 8.52. The number of rotatable bonds is 6. The van der Waals surface area contributed by atoms with E-state index in [1.165, 1.54) is 32.1 Å². The maximum Gasteiger partial charge on any atom is 0.251 e. The Bertz CT molecular complexity index is 793. The highest BCUT2D eigenvalue weighted by atomic mass is 16.2. The van der Waals surface area contributed by atoms with Crippen molar-refractivity contribution < 1.29 is 9.59 Å². The van der Waals surface area contributed by atoms with E-state index in [9.17, 15) is 9.59 Å². The summed E-state index contributed by atoms with van der Waals surface area (Å²) in [4.78, 5) is 24.6. The maximum atomic E-state index is 12.4. The molecule has 1 unspecified atom stereocenters. The molecule has 1 heterocycles. The molecule has 2 amide bonds. The highest BCUT2D eigenvalue weighted by Gasteiger charge is 2.19. The van der Waals surface area contributed by atoms with Crippen LogP contribution < -0.4 is 10.6 Å². The Morgan fingerprint density at radius 1 is 1.22 bits per heavy atom. The van der Waals surface area contributed by atoms with Crippen molar-refractivity contribution in [3.05, 3.63) is 47.2 Å². The second-order valence-corrected chi connectivity index (χ2v) is 7.54. The highest BCUT2D eigenvalue weighted by molar-refractivity contribution is 6.00. The Hall–Kier alpha value is -2.63. The van der Waals surface area contributed by atoms with Gasteiger partial charge < -0.3 is 10.6 Å². The van der Waals surface area contributed by atoms with Crippen LogP contribution in [0.3, 0.4) is 0 Å². The van der Waals surface area contributed by atoms with Gasteiger partial charge in [-0.2, -0.15) is 5.10 Å². The zero-order valence-corrected chi connectivity index (χ0v) is 16.0. The van der Waals surface area contributed by atoms with Crippen molar-refractivity contribution in [1.29, 1.82) is 0 Å². The topological polar surface area (TPSA) is 86.9 Å². The van der Waals surface area contributed by atoms with Gasteiger partial charge in [0.15, 0.2) is 5.82 Å². The van der Waals surface area contributed by atoms with Crippen molar-refractivity contribution >= 4 is 17.6 Å². The number of aromatic amines is 1. The van der Waals surface area contributed by atoms with Crippen molar-refractivity contribution in [3.8, 4) is 0 Å². The van der Waals surface area contributed by atoms with Gasteiger partial charge in [0.2, 0.25) is 5.91 Å². The lowest BCUT2D eigenvalue weighted by Crippen LogP contribution is -2.41. The number of nitrogens with zero attached hydrogens (tertiary/aromatic N) is 1. The van der Waals surface area contributed by atoms with Gasteiger partial charge in [-0.15, -0.1) is 0 Å². The van der Waals surface area contributed by atoms with Crippen molar-refractivity contribution in [2.24, 2.45) is 5.92 Å². The van der Waals surface area contributed by atoms with Crippen LogP contribution in [0.5, 0.6) is 0 Å². The average molecular weight is 368 g/mol. The predicted octanol–water partition coefficient (Wildman–Crippen LogP) is 3.60. The summed E-state index contributed by atoms with van der Waals surface area (Å²) in [6.45, 7) is 3.59. The molecular weight excluding hydrogens is 340 g/mol. The highest BCUT2D eigenvalue weighted by Crippen LogP contribution is 2.26. The molecule has 6 heteroatoms. The second kappa shape index (κ2) is 8.84. The molecule has 6 nitrogen and oxygen atoms in total. The van der Waals surface area contributed by atoms with Crippen LogP contribution in [0.25, 0.3) is 0 Å². The van der Waals surface area contributed by atoms with Gasteiger partial charge >= 0.3 is 0 Å². The molecule has 1 fully saturated rings. The summed E-state index contributed by atoms with van der Waals surface area (Å²) in [7, 11) is 0. The zero-order valence-electron chi connectivity index (χ0n) is 16.0. The minimum absolute atomic E-state index is 0.263. The fraction of sp³-hybridized carbons (Fsp3) is 0.476. The van der Waals surface area contributed by atoms with E-state index in [0.717, 1.165) is 17.7 Å². The number of amides is 2. The number of carbonyl (C=O) groups is 2. The second-order valence-electron chi connectivity index (χ2n) is 7.54. The van der Waals surface area contributed by atoms with Gasteiger partial charge in [-0.3, -0.25) is 14.7 Å². The van der Waals surface area contributed by atoms with E-state index in [0.29, 0.717) is 17.3 Å². The number of nitrogens with one attached hydrogen (secondary N) is 3. The van der Waals surface area contributed by atoms with Crippen LogP contribution in [0.4, 0.5) is 5.82 Å². The van der Waals surface area contributed by atoms with E-state index in [-0.39, 0.29) is 11.8 Å². The van der Waals surface area contributed by atoms with Gasteiger partial charge in [-0.05, 0) is 38.3 Å². The number of anilines is 1. The van der Waals surface area contributed by atoms with Gasteiger partial charge in [0.05, 0.1) is 0 Å². The fourth-order valence-corrected chi connectivity index (χ4v) is 3.60. The Labute approximate surface area is 160 Å². The molecule has 27 heavy (non-hydrogen) atoms. The van der Waals surface area contributed by atoms with Crippen molar-refractivity contribution in [2.45, 2.75) is 58.4 Å². The quantitative estimate of drug-likeness (QED) is 0.728. The number of benzene rings is 1. The SMILES string of the molecule is Cc1cccc(C(=O)NC(C)C(=O)Nc2cc(CC3CCCCC3)[nH]n2)c1. The molecule has 1 saturated carbocycles. The largest absolute Gasteiger partial charge is 0.341 e. The molecule has 1 aromatic heterocycles. The van der Waals surface area contributed by atoms with E-state index < -0.39 is 6.04 Å². The van der Waals surface area contributed by atoms with Crippen LogP contribution in [0.2, 0.25) is 0 Å². The summed E-state index contributed by atoms with van der Waals surface area (Å²) in [6.07, 6.45) is 7.46. The predicted molar refractivity (Wildman–Crippen MR) is 106 cm³/mol. The first-order valence-electron chi connectivity index (χ1n) is 9.74. The summed E-state index contributed by atoms with van der Waals surface area (Å²) in [5.41, 5.74) is 2.60. The number of aromatic nitrogens is 2. The third-order valence-electron chi connectivity index (χ3n) is 5.14. The monoisotopic (exact) mass is 368 g/mol. The summed E-state index contributed by atoms with van der Waals surface area (Å²) >= 11 is 0. The van der Waals surface area contributed by atoms with Crippen LogP contribution in [0.1, 0.15) is 60.6 Å². The van der Waals surface area contributed by atoms with Crippen LogP contribution in [-0.4, -0.2) is 28.1 Å². The summed E-state index contributed by atoms with van der Waals surface area (Å²) < 4.78 is 0. The smallest absolute Gasteiger partial charge is 0.251 e. The molecule has 0 spiro atoms. The van der Waals surface area contributed by atoms with Crippen molar-refractivity contribution in [2.75, 3.05) is 5.32 Å². The molecule has 144 valence electrons. The van der Waals surface area contributed by atoms with Gasteiger partial charge in [-0.1, -0.05) is 49.8 Å². The Kier molecular flexibility index (Phi) is 6.27. The Balaban J connectivity index is 1.51. The van der Waals surface area contributed by atoms with E-state index in [1.807, 2.05) is 25.1 Å². The van der Waals surface area contributed by atoms with Crippen LogP contribution in [0, 0.1) is 12.8 Å². The number of hydrogen-bond donors (Lipinski definition) is 3. The van der Waals surface area contributed by atoms with E-state index in [1.54, 1.807) is 19.1 Å². The van der Waals surface area contributed by atoms with Gasteiger partial charge in [0, 0.05) is 17.3 Å². The van der Waals surface area contributed by atoms with E-state index in [2.05, 4.69) is 20.8 Å². The summed E-state index contributed by atoms with van der Waals surface area (Å²) in [5.74, 6) is 0.658.